The smallest absolute Gasteiger partial charge is 0.337 e. The van der Waals surface area contributed by atoms with Crippen LogP contribution in [0.15, 0.2) is 30.5 Å². The van der Waals surface area contributed by atoms with Gasteiger partial charge in [-0.2, -0.15) is 18.4 Å². The first-order valence-electron chi connectivity index (χ1n) is 6.07. The van der Waals surface area contributed by atoms with Crippen molar-refractivity contribution in [2.45, 2.75) is 6.18 Å². The van der Waals surface area contributed by atoms with Crippen molar-refractivity contribution in [2.75, 3.05) is 0 Å². The average Bonchev–Trinajstić information content (AvgIpc) is 3.10. The summed E-state index contributed by atoms with van der Waals surface area (Å²) >= 11 is 0.480. The number of benzene rings is 1. The van der Waals surface area contributed by atoms with Gasteiger partial charge in [0.1, 0.15) is 11.9 Å². The second kappa shape index (κ2) is 5.27. The minimum atomic E-state index is -4.48. The molecular weight excluding hydrogens is 313 g/mol. The van der Waals surface area contributed by atoms with Gasteiger partial charge in [0.15, 0.2) is 5.01 Å². The van der Waals surface area contributed by atoms with Crippen LogP contribution in [-0.2, 0) is 6.18 Å². The second-order valence-corrected chi connectivity index (χ2v) is 5.40. The van der Waals surface area contributed by atoms with E-state index >= 15 is 0 Å². The van der Waals surface area contributed by atoms with Gasteiger partial charge in [0, 0.05) is 11.1 Å². The molecule has 2 aromatic heterocycles. The molecule has 3 aromatic rings. The highest BCUT2D eigenvalue weighted by molar-refractivity contribution is 7.12. The number of hydrogen-bond donors (Lipinski definition) is 1. The van der Waals surface area contributed by atoms with E-state index in [1.54, 1.807) is 12.1 Å². The van der Waals surface area contributed by atoms with Crippen LogP contribution in [-0.4, -0.2) is 15.0 Å². The van der Waals surface area contributed by atoms with E-state index in [1.807, 2.05) is 18.2 Å². The molecule has 110 valence electrons. The number of H-pyrrole nitrogens is 1. The van der Waals surface area contributed by atoms with Crippen molar-refractivity contribution in [1.82, 2.24) is 15.0 Å². The van der Waals surface area contributed by atoms with Crippen LogP contribution in [0.3, 0.4) is 0 Å². The molecule has 4 nitrogen and oxygen atoms in total. The molecule has 22 heavy (non-hydrogen) atoms. The topological polar surface area (TPSA) is 65.4 Å². The van der Waals surface area contributed by atoms with Crippen LogP contribution >= 0.6 is 11.3 Å². The Hall–Kier alpha value is -2.66. The lowest BCUT2D eigenvalue weighted by atomic mass is 10.2. The van der Waals surface area contributed by atoms with Crippen molar-refractivity contribution in [3.8, 4) is 6.07 Å². The Labute approximate surface area is 126 Å². The zero-order valence-corrected chi connectivity index (χ0v) is 11.7. The first-order chi connectivity index (χ1) is 10.5. The molecule has 0 amide bonds. The maximum Gasteiger partial charge on any atom is 0.443 e. The van der Waals surface area contributed by atoms with Crippen LogP contribution in [0.1, 0.15) is 15.7 Å². The molecule has 2 heterocycles. The summed E-state index contributed by atoms with van der Waals surface area (Å²) in [6.07, 6.45) is -2.05. The minimum absolute atomic E-state index is 0.147. The van der Waals surface area contributed by atoms with E-state index in [2.05, 4.69) is 15.0 Å². The van der Waals surface area contributed by atoms with E-state index in [1.165, 1.54) is 6.08 Å². The molecule has 0 aliphatic carbocycles. The number of rotatable bonds is 2. The molecule has 0 saturated carbocycles. The van der Waals surface area contributed by atoms with Gasteiger partial charge in [-0.15, -0.1) is 11.3 Å². The van der Waals surface area contributed by atoms with Crippen molar-refractivity contribution in [3.05, 3.63) is 46.2 Å². The van der Waals surface area contributed by atoms with Gasteiger partial charge in [0.2, 0.25) is 0 Å². The molecule has 1 aromatic carbocycles. The minimum Gasteiger partial charge on any atom is -0.337 e. The number of aromatic nitrogens is 3. The molecule has 0 saturated heterocycles. The van der Waals surface area contributed by atoms with Crippen molar-refractivity contribution in [1.29, 1.82) is 5.26 Å². The molecule has 0 aliphatic heterocycles. The normalized spacial score (nSPS) is 12.5. The molecule has 8 heteroatoms. The summed E-state index contributed by atoms with van der Waals surface area (Å²) in [5.41, 5.74) is 1.58. The average molecular weight is 320 g/mol. The maximum absolute atomic E-state index is 12.5. The Morgan fingerprint density at radius 2 is 2.09 bits per heavy atom. The van der Waals surface area contributed by atoms with E-state index < -0.39 is 11.2 Å². The molecule has 1 N–H and O–H groups in total. The van der Waals surface area contributed by atoms with Crippen LogP contribution in [0, 0.1) is 11.3 Å². The van der Waals surface area contributed by atoms with E-state index in [0.717, 1.165) is 11.7 Å². The number of nitrogens with one attached hydrogen (secondary N) is 1. The van der Waals surface area contributed by atoms with Gasteiger partial charge < -0.3 is 4.98 Å². The van der Waals surface area contributed by atoms with Gasteiger partial charge in [0.25, 0.3) is 0 Å². The standard InChI is InChI=1S/C14H7F3N4S/c15-14(16,17)13-19-7-9(22-13)5-8(6-18)12-20-10-3-1-2-4-11(10)21-12/h1-5,7H,(H,20,21)/b8-5+. The number of nitriles is 1. The lowest BCUT2D eigenvalue weighted by Gasteiger charge is -1.98. The summed E-state index contributed by atoms with van der Waals surface area (Å²) in [4.78, 5) is 10.8. The van der Waals surface area contributed by atoms with E-state index in [9.17, 15) is 18.4 Å². The van der Waals surface area contributed by atoms with Crippen LogP contribution < -0.4 is 0 Å². The Morgan fingerprint density at radius 3 is 2.73 bits per heavy atom. The highest BCUT2D eigenvalue weighted by Gasteiger charge is 2.34. The Balaban J connectivity index is 2.00. The van der Waals surface area contributed by atoms with Crippen molar-refractivity contribution < 1.29 is 13.2 Å². The zero-order chi connectivity index (χ0) is 15.7. The molecule has 3 rings (SSSR count). The van der Waals surface area contributed by atoms with Crippen LogP contribution in [0.4, 0.5) is 13.2 Å². The Kier molecular flexibility index (Phi) is 3.42. The fraction of sp³-hybridized carbons (Fsp3) is 0.0714. The molecule has 0 atom stereocenters. The summed E-state index contributed by atoms with van der Waals surface area (Å²) in [6.45, 7) is 0. The van der Waals surface area contributed by atoms with Gasteiger partial charge in [-0.1, -0.05) is 12.1 Å². The fourth-order valence-corrected chi connectivity index (χ4v) is 2.59. The monoisotopic (exact) mass is 320 g/mol. The lowest BCUT2D eigenvalue weighted by molar-refractivity contribution is -0.137. The number of allylic oxidation sites excluding steroid dienone is 1. The molecule has 0 bridgehead atoms. The van der Waals surface area contributed by atoms with Crippen molar-refractivity contribution in [2.24, 2.45) is 0 Å². The number of thiazole rings is 1. The predicted octanol–water partition coefficient (Wildman–Crippen LogP) is 4.10. The van der Waals surface area contributed by atoms with Gasteiger partial charge in [0.05, 0.1) is 16.6 Å². The molecule has 0 radical (unpaired) electrons. The first-order valence-corrected chi connectivity index (χ1v) is 6.89. The molecular formula is C14H7F3N4S. The number of fused-ring (bicyclic) bond motifs is 1. The quantitative estimate of drug-likeness (QED) is 0.723. The predicted molar refractivity (Wildman–Crippen MR) is 76.7 cm³/mol. The lowest BCUT2D eigenvalue weighted by Crippen LogP contribution is -2.02. The van der Waals surface area contributed by atoms with Gasteiger partial charge in [-0.25, -0.2) is 9.97 Å². The number of imidazole rings is 1. The Morgan fingerprint density at radius 1 is 1.32 bits per heavy atom. The second-order valence-electron chi connectivity index (χ2n) is 4.34. The van der Waals surface area contributed by atoms with E-state index in [-0.39, 0.29) is 10.5 Å². The molecule has 0 spiro atoms. The zero-order valence-electron chi connectivity index (χ0n) is 10.8. The van der Waals surface area contributed by atoms with Crippen LogP contribution in [0.25, 0.3) is 22.7 Å². The number of hydrogen-bond acceptors (Lipinski definition) is 4. The number of halogens is 3. The third-order valence-corrected chi connectivity index (χ3v) is 3.81. The maximum atomic E-state index is 12.5. The summed E-state index contributed by atoms with van der Waals surface area (Å²) in [6, 6.07) is 9.14. The van der Waals surface area contributed by atoms with E-state index in [0.29, 0.717) is 22.7 Å². The molecule has 0 aliphatic rings. The number of nitrogens with zero attached hydrogens (tertiary/aromatic N) is 3. The highest BCUT2D eigenvalue weighted by atomic mass is 32.1. The summed E-state index contributed by atoms with van der Waals surface area (Å²) in [7, 11) is 0. The van der Waals surface area contributed by atoms with Crippen LogP contribution in [0.2, 0.25) is 0 Å². The first kappa shape index (κ1) is 14.3. The Bertz CT molecular complexity index is 866. The highest BCUT2D eigenvalue weighted by Crippen LogP contribution is 2.33. The van der Waals surface area contributed by atoms with Gasteiger partial charge in [-0.05, 0) is 18.2 Å². The molecule has 0 unspecified atom stereocenters. The summed E-state index contributed by atoms with van der Waals surface area (Å²) in [5.74, 6) is 0.311. The summed E-state index contributed by atoms with van der Waals surface area (Å²) < 4.78 is 37.6. The number of aromatic amines is 1. The van der Waals surface area contributed by atoms with Crippen LogP contribution in [0.5, 0.6) is 0 Å². The van der Waals surface area contributed by atoms with Gasteiger partial charge >= 0.3 is 6.18 Å². The third-order valence-electron chi connectivity index (χ3n) is 2.82. The number of para-hydroxylation sites is 2. The SMILES string of the molecule is N#C/C(=C\c1cnc(C(F)(F)F)s1)c1nc2ccccc2[nH]1. The number of alkyl halides is 3. The third kappa shape index (κ3) is 2.71. The molecule has 0 fully saturated rings. The van der Waals surface area contributed by atoms with Crippen molar-refractivity contribution in [3.63, 3.8) is 0 Å². The fourth-order valence-electron chi connectivity index (χ4n) is 1.86. The largest absolute Gasteiger partial charge is 0.443 e. The van der Waals surface area contributed by atoms with Gasteiger partial charge in [-0.3, -0.25) is 0 Å². The van der Waals surface area contributed by atoms with Crippen molar-refractivity contribution >= 4 is 34.0 Å². The summed E-state index contributed by atoms with van der Waals surface area (Å²) in [5, 5.41) is 8.27. The van der Waals surface area contributed by atoms with E-state index in [4.69, 9.17) is 0 Å².